The Morgan fingerprint density at radius 1 is 1.23 bits per heavy atom. The second-order valence-corrected chi connectivity index (χ2v) is 8.88. The molecule has 2 aromatic heterocycles. The zero-order chi connectivity index (χ0) is 20.7. The summed E-state index contributed by atoms with van der Waals surface area (Å²) >= 11 is 1.64. The number of carbonyl (C=O) groups is 2. The van der Waals surface area contributed by atoms with Crippen LogP contribution in [0.4, 0.5) is 5.69 Å². The predicted octanol–water partition coefficient (Wildman–Crippen LogP) is 3.73. The first-order valence-corrected chi connectivity index (χ1v) is 10.9. The van der Waals surface area contributed by atoms with Gasteiger partial charge < -0.3 is 14.8 Å². The Balaban J connectivity index is 1.21. The normalized spacial score (nSPS) is 16.6. The molecule has 1 aliphatic heterocycles. The Labute approximate surface area is 178 Å². The summed E-state index contributed by atoms with van der Waals surface area (Å²) in [5.74, 6) is -0.405. The Bertz CT molecular complexity index is 1260. The van der Waals surface area contributed by atoms with Crippen molar-refractivity contribution in [1.82, 2.24) is 14.9 Å². The van der Waals surface area contributed by atoms with E-state index in [0.717, 1.165) is 26.4 Å². The van der Waals surface area contributed by atoms with E-state index < -0.39 is 0 Å². The number of hydrogen-bond donors (Lipinski definition) is 1. The smallest absolute Gasteiger partial charge is 0.227 e. The number of carbonyl (C=O) groups excluding carboxylic acids is 2. The number of thiazole rings is 1. The van der Waals surface area contributed by atoms with Gasteiger partial charge in [-0.15, -0.1) is 11.3 Å². The summed E-state index contributed by atoms with van der Waals surface area (Å²) in [5.41, 5.74) is 2.86. The zero-order valence-corrected chi connectivity index (χ0v) is 17.5. The Morgan fingerprint density at radius 2 is 2.10 bits per heavy atom. The number of hydrogen-bond acceptors (Lipinski definition) is 4. The van der Waals surface area contributed by atoms with Crippen LogP contribution in [0.5, 0.6) is 0 Å². The van der Waals surface area contributed by atoms with Crippen LogP contribution in [0.1, 0.15) is 11.4 Å². The Hall–Kier alpha value is -3.19. The second kappa shape index (κ2) is 7.57. The second-order valence-electron chi connectivity index (χ2n) is 7.65. The highest BCUT2D eigenvalue weighted by atomic mass is 32.1. The average Bonchev–Trinajstić information content (AvgIpc) is 3.43. The zero-order valence-electron chi connectivity index (χ0n) is 16.7. The van der Waals surface area contributed by atoms with E-state index in [-0.39, 0.29) is 24.2 Å². The van der Waals surface area contributed by atoms with Gasteiger partial charge in [-0.05, 0) is 42.6 Å². The fraction of sp³-hybridized carbons (Fsp3) is 0.261. The van der Waals surface area contributed by atoms with Gasteiger partial charge in [0.1, 0.15) is 0 Å². The number of fused-ring (bicyclic) bond motifs is 2. The van der Waals surface area contributed by atoms with Crippen molar-refractivity contribution in [2.24, 2.45) is 5.92 Å². The van der Waals surface area contributed by atoms with E-state index in [1.54, 1.807) is 16.2 Å². The first-order chi connectivity index (χ1) is 14.6. The van der Waals surface area contributed by atoms with Crippen LogP contribution in [-0.4, -0.2) is 34.5 Å². The molecule has 2 aromatic carbocycles. The number of aromatic nitrogens is 2. The van der Waals surface area contributed by atoms with Gasteiger partial charge in [-0.2, -0.15) is 0 Å². The summed E-state index contributed by atoms with van der Waals surface area (Å²) in [6, 6.07) is 16.1. The number of aryl methyl sites for hydroxylation is 1. The lowest BCUT2D eigenvalue weighted by atomic mass is 10.1. The van der Waals surface area contributed by atoms with Gasteiger partial charge in [-0.3, -0.25) is 9.59 Å². The first-order valence-electron chi connectivity index (χ1n) is 10.1. The van der Waals surface area contributed by atoms with Crippen molar-refractivity contribution in [1.29, 1.82) is 0 Å². The molecule has 0 bridgehead atoms. The van der Waals surface area contributed by atoms with E-state index in [1.807, 2.05) is 43.5 Å². The van der Waals surface area contributed by atoms with Crippen LogP contribution in [0.15, 0.2) is 54.7 Å². The van der Waals surface area contributed by atoms with Gasteiger partial charge in [0.2, 0.25) is 11.8 Å². The molecule has 152 valence electrons. The molecule has 0 saturated carbocycles. The lowest BCUT2D eigenvalue weighted by Gasteiger charge is -2.17. The third kappa shape index (κ3) is 3.45. The maximum Gasteiger partial charge on any atom is 0.227 e. The summed E-state index contributed by atoms with van der Waals surface area (Å²) in [7, 11) is 0. The molecule has 5 rings (SSSR count). The highest BCUT2D eigenvalue weighted by molar-refractivity contribution is 7.18. The molecule has 1 fully saturated rings. The Morgan fingerprint density at radius 3 is 3.00 bits per heavy atom. The molecule has 6 nitrogen and oxygen atoms in total. The average molecular weight is 419 g/mol. The van der Waals surface area contributed by atoms with Gasteiger partial charge >= 0.3 is 0 Å². The van der Waals surface area contributed by atoms with Gasteiger partial charge in [-0.25, -0.2) is 4.98 Å². The molecule has 1 saturated heterocycles. The van der Waals surface area contributed by atoms with Crippen molar-refractivity contribution in [2.75, 3.05) is 18.0 Å². The fourth-order valence-electron chi connectivity index (χ4n) is 4.11. The maximum absolute atomic E-state index is 12.7. The topological polar surface area (TPSA) is 67.2 Å². The van der Waals surface area contributed by atoms with Gasteiger partial charge in [0, 0.05) is 43.5 Å². The molecule has 4 aromatic rings. The molecule has 3 heterocycles. The molecule has 1 N–H and O–H groups in total. The maximum atomic E-state index is 12.7. The van der Waals surface area contributed by atoms with Crippen molar-refractivity contribution >= 4 is 50.0 Å². The minimum atomic E-state index is -0.327. The molecule has 1 unspecified atom stereocenters. The van der Waals surface area contributed by atoms with Gasteiger partial charge in [0.25, 0.3) is 0 Å². The molecule has 1 aliphatic rings. The van der Waals surface area contributed by atoms with Crippen LogP contribution in [0, 0.1) is 12.8 Å². The van der Waals surface area contributed by atoms with Gasteiger partial charge in [0.15, 0.2) is 0 Å². The van der Waals surface area contributed by atoms with Crippen LogP contribution >= 0.6 is 11.3 Å². The van der Waals surface area contributed by atoms with Crippen molar-refractivity contribution < 1.29 is 9.59 Å². The SMILES string of the molecule is Cc1nc2cc(N3CC(C(=O)NCCn4ccc5ccccc54)CC3=O)ccc2s1. The van der Waals surface area contributed by atoms with Crippen molar-refractivity contribution in [2.45, 2.75) is 19.9 Å². The molecule has 1 atom stereocenters. The van der Waals surface area contributed by atoms with E-state index in [4.69, 9.17) is 0 Å². The number of nitrogens with zero attached hydrogens (tertiary/aromatic N) is 3. The van der Waals surface area contributed by atoms with E-state index in [9.17, 15) is 9.59 Å². The van der Waals surface area contributed by atoms with Crippen LogP contribution in [0.25, 0.3) is 21.1 Å². The van der Waals surface area contributed by atoms with Crippen LogP contribution in [0.2, 0.25) is 0 Å². The molecular weight excluding hydrogens is 396 g/mol. The molecular formula is C23H22N4O2S. The third-order valence-corrected chi connectivity index (χ3v) is 6.57. The summed E-state index contributed by atoms with van der Waals surface area (Å²) in [6.45, 7) is 3.61. The van der Waals surface area contributed by atoms with Crippen LogP contribution in [-0.2, 0) is 16.1 Å². The monoisotopic (exact) mass is 418 g/mol. The molecule has 2 amide bonds. The van der Waals surface area contributed by atoms with Crippen molar-refractivity contribution in [3.63, 3.8) is 0 Å². The summed E-state index contributed by atoms with van der Waals surface area (Å²) in [4.78, 5) is 31.4. The van der Waals surface area contributed by atoms with E-state index in [1.165, 1.54) is 5.39 Å². The van der Waals surface area contributed by atoms with Gasteiger partial charge in [0.05, 0.1) is 21.1 Å². The van der Waals surface area contributed by atoms with E-state index in [0.29, 0.717) is 19.6 Å². The van der Waals surface area contributed by atoms with Crippen molar-refractivity contribution in [3.8, 4) is 0 Å². The van der Waals surface area contributed by atoms with Crippen molar-refractivity contribution in [3.05, 3.63) is 59.7 Å². The highest BCUT2D eigenvalue weighted by Gasteiger charge is 2.35. The molecule has 0 radical (unpaired) electrons. The molecule has 7 heteroatoms. The highest BCUT2D eigenvalue weighted by Crippen LogP contribution is 2.30. The Kier molecular flexibility index (Phi) is 4.75. The number of anilines is 1. The predicted molar refractivity (Wildman–Crippen MR) is 120 cm³/mol. The number of rotatable bonds is 5. The lowest BCUT2D eigenvalue weighted by molar-refractivity contribution is -0.126. The molecule has 0 spiro atoms. The summed E-state index contributed by atoms with van der Waals surface area (Å²) in [5, 5.41) is 5.19. The minimum Gasteiger partial charge on any atom is -0.354 e. The van der Waals surface area contributed by atoms with Gasteiger partial charge in [-0.1, -0.05) is 18.2 Å². The largest absolute Gasteiger partial charge is 0.354 e. The number of nitrogens with one attached hydrogen (secondary N) is 1. The standard InChI is InChI=1S/C23H22N4O2S/c1-15-25-19-13-18(6-7-21(19)30-15)27-14-17(12-22(27)28)23(29)24-9-11-26-10-8-16-4-2-3-5-20(16)26/h2-8,10,13,17H,9,11-12,14H2,1H3,(H,24,29). The van der Waals surface area contributed by atoms with E-state index in [2.05, 4.69) is 33.1 Å². The first kappa shape index (κ1) is 18.8. The van der Waals surface area contributed by atoms with Crippen LogP contribution < -0.4 is 10.2 Å². The molecule has 30 heavy (non-hydrogen) atoms. The molecule has 0 aliphatic carbocycles. The summed E-state index contributed by atoms with van der Waals surface area (Å²) < 4.78 is 3.24. The number of amides is 2. The fourth-order valence-corrected chi connectivity index (χ4v) is 4.92. The summed E-state index contributed by atoms with van der Waals surface area (Å²) in [6.07, 6.45) is 2.28. The van der Waals surface area contributed by atoms with Crippen LogP contribution in [0.3, 0.4) is 0 Å². The van der Waals surface area contributed by atoms with E-state index >= 15 is 0 Å². The lowest BCUT2D eigenvalue weighted by Crippen LogP contribution is -2.34. The quantitative estimate of drug-likeness (QED) is 0.537. The third-order valence-electron chi connectivity index (χ3n) is 5.62. The minimum absolute atomic E-state index is 0.0159. The number of benzene rings is 2. The number of para-hydroxylation sites is 1.